The zero-order valence-electron chi connectivity index (χ0n) is 15.5. The van der Waals surface area contributed by atoms with Gasteiger partial charge in [-0.2, -0.15) is 0 Å². The minimum Gasteiger partial charge on any atom is -0.444 e. The molecule has 0 aromatic heterocycles. The van der Waals surface area contributed by atoms with Gasteiger partial charge in [-0.3, -0.25) is 0 Å². The summed E-state index contributed by atoms with van der Waals surface area (Å²) in [6.45, 7) is 6.51. The number of nitrogens with zero attached hydrogens (tertiary/aromatic N) is 1. The van der Waals surface area contributed by atoms with Crippen molar-refractivity contribution in [2.75, 3.05) is 26.2 Å². The minimum atomic E-state index is -2.81. The number of piperidine rings is 2. The van der Waals surface area contributed by atoms with Crippen LogP contribution in [0.2, 0.25) is 0 Å². The van der Waals surface area contributed by atoms with Gasteiger partial charge in [0.15, 0.2) is 0 Å². The first kappa shape index (κ1) is 20.3. The molecule has 7 heteroatoms. The Balaban J connectivity index is 1.87. The van der Waals surface area contributed by atoms with Crippen LogP contribution in [-0.4, -0.2) is 54.4 Å². The molecule has 2 aliphatic heterocycles. The molecule has 146 valence electrons. The summed E-state index contributed by atoms with van der Waals surface area (Å²) in [6, 6.07) is 0. The zero-order chi connectivity index (χ0) is 18.7. The van der Waals surface area contributed by atoms with E-state index in [1.54, 1.807) is 20.8 Å². The van der Waals surface area contributed by atoms with E-state index in [9.17, 15) is 18.0 Å². The summed E-state index contributed by atoms with van der Waals surface area (Å²) in [6.07, 6.45) is 0.934. The maximum absolute atomic E-state index is 14.6. The van der Waals surface area contributed by atoms with Crippen LogP contribution < -0.4 is 5.32 Å². The van der Waals surface area contributed by atoms with Crippen molar-refractivity contribution in [2.24, 2.45) is 5.92 Å². The van der Waals surface area contributed by atoms with E-state index in [1.807, 2.05) is 0 Å². The number of amides is 1. The molecule has 4 nitrogen and oxygen atoms in total. The summed E-state index contributed by atoms with van der Waals surface area (Å²) >= 11 is 0. The molecule has 0 aromatic carbocycles. The Morgan fingerprint density at radius 2 is 1.84 bits per heavy atom. The predicted octanol–water partition coefficient (Wildman–Crippen LogP) is 4.14. The van der Waals surface area contributed by atoms with Gasteiger partial charge in [-0.1, -0.05) is 0 Å². The Labute approximate surface area is 148 Å². The van der Waals surface area contributed by atoms with Crippen LogP contribution in [0.4, 0.5) is 18.0 Å². The molecule has 0 spiro atoms. The van der Waals surface area contributed by atoms with Crippen LogP contribution in [0.25, 0.3) is 0 Å². The largest absolute Gasteiger partial charge is 0.444 e. The van der Waals surface area contributed by atoms with E-state index in [1.165, 1.54) is 4.90 Å². The molecule has 0 aromatic rings. The summed E-state index contributed by atoms with van der Waals surface area (Å²) < 4.78 is 48.3. The highest BCUT2D eigenvalue weighted by Gasteiger charge is 2.45. The highest BCUT2D eigenvalue weighted by molar-refractivity contribution is 5.68. The van der Waals surface area contributed by atoms with Crippen LogP contribution in [0.5, 0.6) is 0 Å². The quantitative estimate of drug-likeness (QED) is 0.815. The van der Waals surface area contributed by atoms with Crippen LogP contribution in [0.15, 0.2) is 0 Å². The molecule has 0 radical (unpaired) electrons. The molecule has 2 saturated heterocycles. The molecular weight excluding hydrogens is 333 g/mol. The van der Waals surface area contributed by atoms with Crippen molar-refractivity contribution >= 4 is 6.09 Å². The first-order valence-corrected chi connectivity index (χ1v) is 9.26. The Bertz CT molecular complexity index is 460. The van der Waals surface area contributed by atoms with Gasteiger partial charge in [-0.25, -0.2) is 18.0 Å². The third-order valence-corrected chi connectivity index (χ3v) is 5.08. The summed E-state index contributed by atoms with van der Waals surface area (Å²) in [5.74, 6) is -3.74. The van der Waals surface area contributed by atoms with Crippen molar-refractivity contribution in [2.45, 2.75) is 76.5 Å². The van der Waals surface area contributed by atoms with Crippen LogP contribution in [-0.2, 0) is 4.74 Å². The summed E-state index contributed by atoms with van der Waals surface area (Å²) in [5, 5.41) is 3.11. The second-order valence-electron chi connectivity index (χ2n) is 8.43. The molecule has 2 aliphatic rings. The van der Waals surface area contributed by atoms with Gasteiger partial charge >= 0.3 is 6.09 Å². The molecule has 1 N–H and O–H groups in total. The molecule has 2 fully saturated rings. The molecule has 1 amide bonds. The standard InChI is InChI=1S/C18H31F3N2O2/c1-16(2,3)25-15(24)23-12-9-18(20,21)14(13-23)5-4-6-17(19)7-10-22-11-8-17/h14,22H,4-13H2,1-3H3. The molecule has 0 saturated carbocycles. The van der Waals surface area contributed by atoms with Crippen LogP contribution >= 0.6 is 0 Å². The van der Waals surface area contributed by atoms with E-state index in [-0.39, 0.29) is 25.9 Å². The van der Waals surface area contributed by atoms with Gasteiger partial charge in [-0.15, -0.1) is 0 Å². The molecular formula is C18H31F3N2O2. The van der Waals surface area contributed by atoms with E-state index in [0.717, 1.165) is 0 Å². The Kier molecular flexibility index (Phi) is 6.28. The molecule has 2 heterocycles. The first-order valence-electron chi connectivity index (χ1n) is 9.26. The molecule has 1 atom stereocenters. The first-order chi connectivity index (χ1) is 11.5. The van der Waals surface area contributed by atoms with E-state index in [4.69, 9.17) is 4.74 Å². The number of halogens is 3. The molecule has 1 unspecified atom stereocenters. The minimum absolute atomic E-state index is 0.00285. The van der Waals surface area contributed by atoms with Gasteiger partial charge in [-0.05, 0) is 66.0 Å². The van der Waals surface area contributed by atoms with Crippen molar-refractivity contribution < 1.29 is 22.7 Å². The molecule has 2 rings (SSSR count). The normalized spacial score (nSPS) is 26.3. The van der Waals surface area contributed by atoms with Crippen molar-refractivity contribution in [3.8, 4) is 0 Å². The third kappa shape index (κ3) is 6.04. The van der Waals surface area contributed by atoms with Crippen molar-refractivity contribution in [1.29, 1.82) is 0 Å². The number of nitrogens with one attached hydrogen (secondary N) is 1. The smallest absolute Gasteiger partial charge is 0.410 e. The van der Waals surface area contributed by atoms with Gasteiger partial charge in [0.2, 0.25) is 0 Å². The number of rotatable bonds is 4. The number of carbonyl (C=O) groups excluding carboxylic acids is 1. The van der Waals surface area contributed by atoms with E-state index >= 15 is 0 Å². The van der Waals surface area contributed by atoms with Crippen molar-refractivity contribution in [1.82, 2.24) is 10.2 Å². The Morgan fingerprint density at radius 3 is 2.44 bits per heavy atom. The van der Waals surface area contributed by atoms with E-state index < -0.39 is 29.2 Å². The lowest BCUT2D eigenvalue weighted by Gasteiger charge is -2.39. The second kappa shape index (κ2) is 7.72. The predicted molar refractivity (Wildman–Crippen MR) is 90.7 cm³/mol. The van der Waals surface area contributed by atoms with Gasteiger partial charge in [0.05, 0.1) is 0 Å². The second-order valence-corrected chi connectivity index (χ2v) is 8.43. The Morgan fingerprint density at radius 1 is 1.20 bits per heavy atom. The fourth-order valence-corrected chi connectivity index (χ4v) is 3.56. The topological polar surface area (TPSA) is 41.6 Å². The number of ether oxygens (including phenoxy) is 1. The number of hydrogen-bond acceptors (Lipinski definition) is 3. The lowest BCUT2D eigenvalue weighted by Crippen LogP contribution is -2.50. The number of alkyl halides is 3. The SMILES string of the molecule is CC(C)(C)OC(=O)N1CCC(F)(F)C(CCCC2(F)CCNCC2)C1. The summed E-state index contributed by atoms with van der Waals surface area (Å²) in [4.78, 5) is 13.5. The van der Waals surface area contributed by atoms with Crippen LogP contribution in [0.1, 0.15) is 59.3 Å². The number of likely N-dealkylation sites (tertiary alicyclic amines) is 1. The summed E-state index contributed by atoms with van der Waals surface area (Å²) in [5.41, 5.74) is -1.89. The van der Waals surface area contributed by atoms with Gasteiger partial charge in [0.1, 0.15) is 11.3 Å². The van der Waals surface area contributed by atoms with Gasteiger partial charge in [0.25, 0.3) is 5.92 Å². The van der Waals surface area contributed by atoms with Crippen molar-refractivity contribution in [3.05, 3.63) is 0 Å². The highest BCUT2D eigenvalue weighted by Crippen LogP contribution is 2.38. The maximum Gasteiger partial charge on any atom is 0.410 e. The lowest BCUT2D eigenvalue weighted by atomic mass is 9.84. The number of carbonyl (C=O) groups is 1. The van der Waals surface area contributed by atoms with Gasteiger partial charge in [0, 0.05) is 25.4 Å². The molecule has 0 aliphatic carbocycles. The zero-order valence-corrected chi connectivity index (χ0v) is 15.5. The highest BCUT2D eigenvalue weighted by atomic mass is 19.3. The monoisotopic (exact) mass is 364 g/mol. The fraction of sp³-hybridized carbons (Fsp3) is 0.944. The van der Waals surface area contributed by atoms with Crippen LogP contribution in [0.3, 0.4) is 0 Å². The average molecular weight is 364 g/mol. The number of hydrogen-bond donors (Lipinski definition) is 1. The fourth-order valence-electron chi connectivity index (χ4n) is 3.56. The average Bonchev–Trinajstić information content (AvgIpc) is 2.47. The third-order valence-electron chi connectivity index (χ3n) is 5.08. The van der Waals surface area contributed by atoms with E-state index in [2.05, 4.69) is 5.32 Å². The molecule has 25 heavy (non-hydrogen) atoms. The summed E-state index contributed by atoms with van der Waals surface area (Å²) in [7, 11) is 0. The van der Waals surface area contributed by atoms with Gasteiger partial charge < -0.3 is 15.0 Å². The van der Waals surface area contributed by atoms with E-state index in [0.29, 0.717) is 38.8 Å². The molecule has 0 bridgehead atoms. The Hall–Kier alpha value is -0.980. The lowest BCUT2D eigenvalue weighted by molar-refractivity contribution is -0.108. The maximum atomic E-state index is 14.6. The van der Waals surface area contributed by atoms with Crippen LogP contribution in [0, 0.1) is 5.92 Å². The van der Waals surface area contributed by atoms with Crippen molar-refractivity contribution in [3.63, 3.8) is 0 Å².